The zero-order valence-electron chi connectivity index (χ0n) is 13.4. The molecule has 0 amide bonds. The molecule has 3 atom stereocenters. The van der Waals surface area contributed by atoms with Crippen molar-refractivity contribution >= 4 is 0 Å². The Kier molecular flexibility index (Phi) is 6.03. The summed E-state index contributed by atoms with van der Waals surface area (Å²) >= 11 is 0. The average molecular weight is 292 g/mol. The van der Waals surface area contributed by atoms with Crippen LogP contribution in [0.15, 0.2) is 24.3 Å². The van der Waals surface area contributed by atoms with Crippen LogP contribution in [0.1, 0.15) is 38.3 Å². The first-order chi connectivity index (χ1) is 10.2. The Morgan fingerprint density at radius 3 is 2.86 bits per heavy atom. The molecule has 1 aliphatic rings. The van der Waals surface area contributed by atoms with Crippen LogP contribution in [-0.2, 0) is 4.74 Å². The first-order valence-corrected chi connectivity index (χ1v) is 7.91. The second-order valence-corrected chi connectivity index (χ2v) is 5.80. The predicted octanol–water partition coefficient (Wildman–Crippen LogP) is 2.58. The predicted molar refractivity (Wildman–Crippen MR) is 85.6 cm³/mol. The highest BCUT2D eigenvalue weighted by Crippen LogP contribution is 2.28. The summed E-state index contributed by atoms with van der Waals surface area (Å²) in [6, 6.07) is 8.47. The molecule has 0 bridgehead atoms. The standard InChI is InChI=1S/C17H28N2O2/c1-4-19(12-16-9-6-10-21-16)17(13(2)18)14-7-5-8-15(11-14)20-3/h5,7-8,11,13,16-17H,4,6,9-10,12,18H2,1-3H3. The van der Waals surface area contributed by atoms with E-state index in [4.69, 9.17) is 15.2 Å². The number of hydrogen-bond donors (Lipinski definition) is 1. The van der Waals surface area contributed by atoms with Gasteiger partial charge >= 0.3 is 0 Å². The first kappa shape index (κ1) is 16.3. The maximum atomic E-state index is 6.29. The van der Waals surface area contributed by atoms with Crippen molar-refractivity contribution in [1.82, 2.24) is 4.90 Å². The van der Waals surface area contributed by atoms with E-state index in [9.17, 15) is 0 Å². The van der Waals surface area contributed by atoms with Crippen molar-refractivity contribution < 1.29 is 9.47 Å². The molecule has 118 valence electrons. The Hall–Kier alpha value is -1.10. The summed E-state index contributed by atoms with van der Waals surface area (Å²) in [5, 5.41) is 0. The van der Waals surface area contributed by atoms with Gasteiger partial charge in [-0.2, -0.15) is 0 Å². The van der Waals surface area contributed by atoms with E-state index in [-0.39, 0.29) is 12.1 Å². The van der Waals surface area contributed by atoms with E-state index in [0.717, 1.165) is 31.9 Å². The smallest absolute Gasteiger partial charge is 0.119 e. The molecule has 0 aromatic heterocycles. The Labute approximate surface area is 128 Å². The fraction of sp³-hybridized carbons (Fsp3) is 0.647. The van der Waals surface area contributed by atoms with Crippen molar-refractivity contribution in [2.75, 3.05) is 26.8 Å². The van der Waals surface area contributed by atoms with Crippen LogP contribution in [0.3, 0.4) is 0 Å². The minimum atomic E-state index is 0.0541. The van der Waals surface area contributed by atoms with Gasteiger partial charge in [-0.15, -0.1) is 0 Å². The van der Waals surface area contributed by atoms with Crippen LogP contribution in [0.2, 0.25) is 0 Å². The van der Waals surface area contributed by atoms with Crippen LogP contribution in [0, 0.1) is 0 Å². The molecular weight excluding hydrogens is 264 g/mol. The van der Waals surface area contributed by atoms with Crippen molar-refractivity contribution in [2.24, 2.45) is 5.73 Å². The molecule has 2 rings (SSSR count). The van der Waals surface area contributed by atoms with Crippen LogP contribution < -0.4 is 10.5 Å². The molecule has 21 heavy (non-hydrogen) atoms. The summed E-state index contributed by atoms with van der Waals surface area (Å²) in [6.45, 7) is 7.06. The van der Waals surface area contributed by atoms with Crippen molar-refractivity contribution in [3.63, 3.8) is 0 Å². The van der Waals surface area contributed by atoms with E-state index in [1.807, 2.05) is 12.1 Å². The Balaban J connectivity index is 2.18. The second-order valence-electron chi connectivity index (χ2n) is 5.80. The van der Waals surface area contributed by atoms with E-state index in [1.54, 1.807) is 7.11 Å². The highest BCUT2D eigenvalue weighted by atomic mass is 16.5. The summed E-state index contributed by atoms with van der Waals surface area (Å²) in [7, 11) is 1.70. The first-order valence-electron chi connectivity index (χ1n) is 7.91. The normalized spacial score (nSPS) is 21.5. The van der Waals surface area contributed by atoms with Gasteiger partial charge in [-0.25, -0.2) is 0 Å². The minimum Gasteiger partial charge on any atom is -0.497 e. The lowest BCUT2D eigenvalue weighted by Crippen LogP contribution is -2.43. The fourth-order valence-corrected chi connectivity index (χ4v) is 3.16. The maximum absolute atomic E-state index is 6.29. The van der Waals surface area contributed by atoms with Crippen LogP contribution in [0.25, 0.3) is 0 Å². The van der Waals surface area contributed by atoms with E-state index >= 15 is 0 Å². The summed E-state index contributed by atoms with van der Waals surface area (Å²) in [4.78, 5) is 2.43. The molecule has 4 heteroatoms. The largest absolute Gasteiger partial charge is 0.497 e. The van der Waals surface area contributed by atoms with E-state index < -0.39 is 0 Å². The molecule has 3 unspecified atom stereocenters. The van der Waals surface area contributed by atoms with Gasteiger partial charge < -0.3 is 15.2 Å². The third kappa shape index (κ3) is 4.19. The molecule has 1 aromatic carbocycles. The van der Waals surface area contributed by atoms with Gasteiger partial charge in [0.25, 0.3) is 0 Å². The third-order valence-electron chi connectivity index (χ3n) is 4.20. The minimum absolute atomic E-state index is 0.0541. The second kappa shape index (κ2) is 7.78. The number of likely N-dealkylation sites (N-methyl/N-ethyl adjacent to an activating group) is 1. The van der Waals surface area contributed by atoms with Crippen molar-refractivity contribution in [2.45, 2.75) is 44.9 Å². The summed E-state index contributed by atoms with van der Waals surface area (Å²) in [6.07, 6.45) is 2.67. The summed E-state index contributed by atoms with van der Waals surface area (Å²) < 4.78 is 11.1. The average Bonchev–Trinajstić information content (AvgIpc) is 2.99. The van der Waals surface area contributed by atoms with Gasteiger partial charge in [0, 0.05) is 25.2 Å². The number of ether oxygens (including phenoxy) is 2. The Morgan fingerprint density at radius 1 is 1.48 bits per heavy atom. The van der Waals surface area contributed by atoms with Gasteiger partial charge in [-0.1, -0.05) is 19.1 Å². The van der Waals surface area contributed by atoms with Crippen LogP contribution >= 0.6 is 0 Å². The molecule has 1 heterocycles. The molecule has 0 aliphatic carbocycles. The highest BCUT2D eigenvalue weighted by Gasteiger charge is 2.27. The monoisotopic (exact) mass is 292 g/mol. The number of rotatable bonds is 7. The molecule has 2 N–H and O–H groups in total. The molecule has 1 aromatic rings. The maximum Gasteiger partial charge on any atom is 0.119 e. The van der Waals surface area contributed by atoms with Crippen molar-refractivity contribution in [3.05, 3.63) is 29.8 Å². The Bertz CT molecular complexity index is 431. The lowest BCUT2D eigenvalue weighted by Gasteiger charge is -2.35. The molecule has 0 saturated carbocycles. The van der Waals surface area contributed by atoms with Crippen LogP contribution in [-0.4, -0.2) is 43.9 Å². The SMILES string of the molecule is CCN(CC1CCCO1)C(c1cccc(OC)c1)C(C)N. The molecule has 1 saturated heterocycles. The lowest BCUT2D eigenvalue weighted by atomic mass is 9.98. The molecule has 4 nitrogen and oxygen atoms in total. The number of benzene rings is 1. The van der Waals surface area contributed by atoms with Gasteiger partial charge in [0.2, 0.25) is 0 Å². The highest BCUT2D eigenvalue weighted by molar-refractivity contribution is 5.31. The Morgan fingerprint density at radius 2 is 2.29 bits per heavy atom. The third-order valence-corrected chi connectivity index (χ3v) is 4.20. The van der Waals surface area contributed by atoms with Gasteiger partial charge in [-0.3, -0.25) is 4.90 Å². The molecular formula is C17H28N2O2. The number of hydrogen-bond acceptors (Lipinski definition) is 4. The van der Waals surface area contributed by atoms with E-state index in [2.05, 4.69) is 30.9 Å². The van der Waals surface area contributed by atoms with Gasteiger partial charge in [0.05, 0.1) is 13.2 Å². The summed E-state index contributed by atoms with van der Waals surface area (Å²) in [5.74, 6) is 0.881. The van der Waals surface area contributed by atoms with Crippen molar-refractivity contribution in [1.29, 1.82) is 0 Å². The molecule has 0 spiro atoms. The number of methoxy groups -OCH3 is 1. The van der Waals surface area contributed by atoms with Crippen LogP contribution in [0.4, 0.5) is 0 Å². The van der Waals surface area contributed by atoms with Crippen LogP contribution in [0.5, 0.6) is 5.75 Å². The topological polar surface area (TPSA) is 47.7 Å². The number of nitrogens with zero attached hydrogens (tertiary/aromatic N) is 1. The quantitative estimate of drug-likeness (QED) is 0.839. The molecule has 1 aliphatic heterocycles. The number of nitrogens with two attached hydrogens (primary N) is 1. The molecule has 0 radical (unpaired) electrons. The summed E-state index contributed by atoms with van der Waals surface area (Å²) in [5.41, 5.74) is 7.50. The zero-order valence-corrected chi connectivity index (χ0v) is 13.4. The van der Waals surface area contributed by atoms with Gasteiger partial charge in [-0.05, 0) is 44.0 Å². The lowest BCUT2D eigenvalue weighted by molar-refractivity contribution is 0.0546. The fourth-order valence-electron chi connectivity index (χ4n) is 3.16. The van der Waals surface area contributed by atoms with Gasteiger partial charge in [0.15, 0.2) is 0 Å². The zero-order chi connectivity index (χ0) is 15.2. The van der Waals surface area contributed by atoms with Gasteiger partial charge in [0.1, 0.15) is 5.75 Å². The molecule has 1 fully saturated rings. The van der Waals surface area contributed by atoms with E-state index in [1.165, 1.54) is 12.0 Å². The van der Waals surface area contributed by atoms with E-state index in [0.29, 0.717) is 6.10 Å². The van der Waals surface area contributed by atoms with Crippen molar-refractivity contribution in [3.8, 4) is 5.75 Å².